The Kier molecular flexibility index (Phi) is 4.78. The van der Waals surface area contributed by atoms with Gasteiger partial charge in [-0.05, 0) is 40.2 Å². The Hall–Kier alpha value is -2.62. The van der Waals surface area contributed by atoms with Gasteiger partial charge in [0.2, 0.25) is 0 Å². The number of hydrogen-bond donors (Lipinski definition) is 1. The molecular weight excluding hydrogens is 399 g/mol. The van der Waals surface area contributed by atoms with Crippen LogP contribution in [0.3, 0.4) is 0 Å². The molecule has 0 saturated heterocycles. The summed E-state index contributed by atoms with van der Waals surface area (Å²) in [6.07, 6.45) is -4.52. The maximum atomic E-state index is 12.6. The molecule has 24 heavy (non-hydrogen) atoms. The molecule has 1 N–H and O–H groups in total. The van der Waals surface area contributed by atoms with Crippen LogP contribution < -0.4 is 4.74 Å². The van der Waals surface area contributed by atoms with Crippen molar-refractivity contribution in [3.8, 4) is 11.5 Å². The lowest BCUT2D eigenvalue weighted by Crippen LogP contribution is -2.05. The van der Waals surface area contributed by atoms with Gasteiger partial charge in [-0.1, -0.05) is 0 Å². The standard InChI is InChI=1S/C14H7BrF3NO5/c15-10-5-7(14(16,17)18)1-4-12(10)24-8-2-3-11(19(22)23)9(6-8)13(20)21/h1-6H,(H,20,21). The van der Waals surface area contributed by atoms with Crippen LogP contribution in [0.4, 0.5) is 18.9 Å². The Bertz CT molecular complexity index is 823. The molecule has 0 amide bonds. The summed E-state index contributed by atoms with van der Waals surface area (Å²) in [5.41, 5.74) is -2.11. The second kappa shape index (κ2) is 6.48. The van der Waals surface area contributed by atoms with Crippen LogP contribution in [0.5, 0.6) is 11.5 Å². The maximum absolute atomic E-state index is 12.6. The van der Waals surface area contributed by atoms with Crippen LogP contribution >= 0.6 is 15.9 Å². The zero-order valence-electron chi connectivity index (χ0n) is 11.5. The molecule has 2 aromatic rings. The molecule has 0 atom stereocenters. The first-order chi connectivity index (χ1) is 11.1. The van der Waals surface area contributed by atoms with E-state index in [4.69, 9.17) is 9.84 Å². The van der Waals surface area contributed by atoms with Crippen molar-refractivity contribution in [3.63, 3.8) is 0 Å². The Morgan fingerprint density at radius 1 is 1.21 bits per heavy atom. The molecule has 0 fully saturated rings. The van der Waals surface area contributed by atoms with E-state index in [2.05, 4.69) is 15.9 Å². The molecular formula is C14H7BrF3NO5. The van der Waals surface area contributed by atoms with Crippen molar-refractivity contribution in [2.45, 2.75) is 6.18 Å². The number of aromatic carboxylic acids is 1. The lowest BCUT2D eigenvalue weighted by Gasteiger charge is -2.11. The number of alkyl halides is 3. The van der Waals surface area contributed by atoms with Crippen molar-refractivity contribution in [3.05, 3.63) is 62.1 Å². The molecule has 0 aliphatic carbocycles. The summed E-state index contributed by atoms with van der Waals surface area (Å²) in [6.45, 7) is 0. The molecule has 0 saturated carbocycles. The fourth-order valence-corrected chi connectivity index (χ4v) is 2.26. The molecule has 0 aromatic heterocycles. The third-order valence-electron chi connectivity index (χ3n) is 2.88. The van der Waals surface area contributed by atoms with E-state index in [0.29, 0.717) is 0 Å². The smallest absolute Gasteiger partial charge is 0.416 e. The van der Waals surface area contributed by atoms with Crippen LogP contribution in [0.15, 0.2) is 40.9 Å². The van der Waals surface area contributed by atoms with E-state index in [1.807, 2.05) is 0 Å². The average molecular weight is 406 g/mol. The topological polar surface area (TPSA) is 89.7 Å². The van der Waals surface area contributed by atoms with Gasteiger partial charge in [-0.25, -0.2) is 4.79 Å². The predicted octanol–water partition coefficient (Wildman–Crippen LogP) is 4.87. The molecule has 126 valence electrons. The van der Waals surface area contributed by atoms with Crippen LogP contribution in [0.1, 0.15) is 15.9 Å². The third-order valence-corrected chi connectivity index (χ3v) is 3.50. The average Bonchev–Trinajstić information content (AvgIpc) is 2.47. The summed E-state index contributed by atoms with van der Waals surface area (Å²) in [5, 5.41) is 19.8. The van der Waals surface area contributed by atoms with Crippen molar-refractivity contribution < 1.29 is 32.7 Å². The zero-order valence-corrected chi connectivity index (χ0v) is 13.1. The number of nitro groups is 1. The van der Waals surface area contributed by atoms with Gasteiger partial charge in [0.15, 0.2) is 0 Å². The van der Waals surface area contributed by atoms with E-state index in [1.165, 1.54) is 0 Å². The Labute approximate surface area is 140 Å². The Morgan fingerprint density at radius 3 is 2.38 bits per heavy atom. The highest BCUT2D eigenvalue weighted by Crippen LogP contribution is 2.37. The summed E-state index contributed by atoms with van der Waals surface area (Å²) in [5.74, 6) is -1.61. The highest BCUT2D eigenvalue weighted by atomic mass is 79.9. The Balaban J connectivity index is 2.37. The van der Waals surface area contributed by atoms with Gasteiger partial charge in [-0.2, -0.15) is 13.2 Å². The molecule has 0 spiro atoms. The normalized spacial score (nSPS) is 11.2. The fraction of sp³-hybridized carbons (Fsp3) is 0.0714. The van der Waals surface area contributed by atoms with Gasteiger partial charge < -0.3 is 9.84 Å². The number of nitrogens with zero attached hydrogens (tertiary/aromatic N) is 1. The lowest BCUT2D eigenvalue weighted by atomic mass is 10.1. The van der Waals surface area contributed by atoms with Crippen LogP contribution in [0, 0.1) is 10.1 Å². The van der Waals surface area contributed by atoms with Gasteiger partial charge in [0.05, 0.1) is 15.0 Å². The number of carbonyl (C=O) groups is 1. The summed E-state index contributed by atoms with van der Waals surface area (Å²) in [4.78, 5) is 21.0. The second-order valence-corrected chi connectivity index (χ2v) is 5.34. The summed E-state index contributed by atoms with van der Waals surface area (Å²) in [7, 11) is 0. The molecule has 0 aliphatic rings. The van der Waals surface area contributed by atoms with E-state index in [0.717, 1.165) is 36.4 Å². The number of hydrogen-bond acceptors (Lipinski definition) is 4. The SMILES string of the molecule is O=C(O)c1cc(Oc2ccc(C(F)(F)F)cc2Br)ccc1[N+](=O)[O-]. The minimum Gasteiger partial charge on any atom is -0.477 e. The minimum absolute atomic E-state index is 0.00630. The molecule has 0 aliphatic heterocycles. The number of ether oxygens (including phenoxy) is 1. The van der Waals surface area contributed by atoms with Crippen molar-refractivity contribution in [2.75, 3.05) is 0 Å². The summed E-state index contributed by atoms with van der Waals surface area (Å²) in [6, 6.07) is 5.66. The van der Waals surface area contributed by atoms with E-state index in [1.54, 1.807) is 0 Å². The van der Waals surface area contributed by atoms with Crippen LogP contribution in [0.2, 0.25) is 0 Å². The first-order valence-corrected chi connectivity index (χ1v) is 6.95. The lowest BCUT2D eigenvalue weighted by molar-refractivity contribution is -0.385. The molecule has 0 unspecified atom stereocenters. The molecule has 2 rings (SSSR count). The van der Waals surface area contributed by atoms with Crippen molar-refractivity contribution in [2.24, 2.45) is 0 Å². The van der Waals surface area contributed by atoms with Gasteiger partial charge in [-0.15, -0.1) is 0 Å². The molecule has 2 aromatic carbocycles. The summed E-state index contributed by atoms with van der Waals surface area (Å²) < 4.78 is 43.1. The van der Waals surface area contributed by atoms with E-state index < -0.39 is 33.9 Å². The number of halogens is 4. The highest BCUT2D eigenvalue weighted by Gasteiger charge is 2.31. The number of benzene rings is 2. The van der Waals surface area contributed by atoms with Gasteiger partial charge in [0, 0.05) is 12.1 Å². The highest BCUT2D eigenvalue weighted by molar-refractivity contribution is 9.10. The predicted molar refractivity (Wildman–Crippen MR) is 79.3 cm³/mol. The number of nitro benzene ring substituents is 1. The molecule has 0 heterocycles. The minimum atomic E-state index is -4.52. The molecule has 10 heteroatoms. The van der Waals surface area contributed by atoms with Crippen molar-refractivity contribution >= 4 is 27.6 Å². The quantitative estimate of drug-likeness (QED) is 0.578. The van der Waals surface area contributed by atoms with Gasteiger partial charge in [0.25, 0.3) is 5.69 Å². The van der Waals surface area contributed by atoms with Crippen LogP contribution in [0.25, 0.3) is 0 Å². The Morgan fingerprint density at radius 2 is 1.88 bits per heavy atom. The van der Waals surface area contributed by atoms with Crippen molar-refractivity contribution in [1.82, 2.24) is 0 Å². The number of carboxylic acid groups (broad SMARTS) is 1. The maximum Gasteiger partial charge on any atom is 0.416 e. The monoisotopic (exact) mass is 405 g/mol. The van der Waals surface area contributed by atoms with E-state index in [9.17, 15) is 28.1 Å². The zero-order chi connectivity index (χ0) is 18.1. The van der Waals surface area contributed by atoms with E-state index >= 15 is 0 Å². The molecule has 0 radical (unpaired) electrons. The summed E-state index contributed by atoms with van der Waals surface area (Å²) >= 11 is 2.93. The largest absolute Gasteiger partial charge is 0.477 e. The molecule has 6 nitrogen and oxygen atoms in total. The van der Waals surface area contributed by atoms with Gasteiger partial charge in [-0.3, -0.25) is 10.1 Å². The van der Waals surface area contributed by atoms with Crippen LogP contribution in [-0.4, -0.2) is 16.0 Å². The van der Waals surface area contributed by atoms with Gasteiger partial charge >= 0.3 is 12.1 Å². The number of rotatable bonds is 4. The second-order valence-electron chi connectivity index (χ2n) is 4.49. The van der Waals surface area contributed by atoms with Crippen LogP contribution in [-0.2, 0) is 6.18 Å². The van der Waals surface area contributed by atoms with Gasteiger partial charge in [0.1, 0.15) is 17.1 Å². The van der Waals surface area contributed by atoms with Crippen molar-refractivity contribution in [1.29, 1.82) is 0 Å². The fourth-order valence-electron chi connectivity index (χ4n) is 1.80. The first kappa shape index (κ1) is 17.7. The number of carboxylic acids is 1. The van der Waals surface area contributed by atoms with E-state index in [-0.39, 0.29) is 16.0 Å². The third kappa shape index (κ3) is 3.82. The molecule has 0 bridgehead atoms. The first-order valence-electron chi connectivity index (χ1n) is 6.16.